The fourth-order valence-electron chi connectivity index (χ4n) is 3.88. The van der Waals surface area contributed by atoms with E-state index in [0.29, 0.717) is 36.2 Å². The number of esters is 1. The average Bonchev–Trinajstić information content (AvgIpc) is 3.46. The maximum Gasteiger partial charge on any atom is 0.337 e. The summed E-state index contributed by atoms with van der Waals surface area (Å²) >= 11 is 0. The number of methoxy groups -OCH3 is 1. The van der Waals surface area contributed by atoms with E-state index in [1.54, 1.807) is 48.9 Å². The number of ether oxygens (including phenoxy) is 1. The normalized spacial score (nSPS) is 17.4. The quantitative estimate of drug-likeness (QED) is 0.257. The van der Waals surface area contributed by atoms with Gasteiger partial charge in [0.2, 0.25) is 0 Å². The van der Waals surface area contributed by atoms with Crippen LogP contribution in [-0.4, -0.2) is 55.9 Å². The molecule has 4 rings (SSSR count). The Kier molecular flexibility index (Phi) is 6.30. The maximum absolute atomic E-state index is 13.0. The summed E-state index contributed by atoms with van der Waals surface area (Å²) in [5.74, 6) is -2.20. The van der Waals surface area contributed by atoms with Crippen LogP contribution in [0.4, 0.5) is 0 Å². The Bertz CT molecular complexity index is 1190. The predicted molar refractivity (Wildman–Crippen MR) is 118 cm³/mol. The van der Waals surface area contributed by atoms with Crippen molar-refractivity contribution in [3.05, 3.63) is 89.8 Å². The van der Waals surface area contributed by atoms with Gasteiger partial charge in [-0.1, -0.05) is 12.1 Å². The van der Waals surface area contributed by atoms with Crippen LogP contribution in [0.3, 0.4) is 0 Å². The van der Waals surface area contributed by atoms with Gasteiger partial charge in [-0.25, -0.2) is 9.78 Å². The lowest BCUT2D eigenvalue weighted by Crippen LogP contribution is -2.31. The number of aryl methyl sites for hydroxylation is 1. The van der Waals surface area contributed by atoms with Crippen molar-refractivity contribution in [2.75, 3.05) is 13.7 Å². The molecule has 1 saturated heterocycles. The molecule has 1 aliphatic heterocycles. The number of Topliss-reactive ketones (excluding diaryl/α,β-unsaturated/α-hetero) is 1. The Morgan fingerprint density at radius 1 is 1.00 bits per heavy atom. The van der Waals surface area contributed by atoms with Gasteiger partial charge in [0.05, 0.1) is 30.6 Å². The number of imidazole rings is 1. The zero-order chi connectivity index (χ0) is 23.4. The van der Waals surface area contributed by atoms with Crippen LogP contribution in [0, 0.1) is 0 Å². The topological polar surface area (TPSA) is 115 Å². The van der Waals surface area contributed by atoms with Gasteiger partial charge < -0.3 is 19.3 Å². The third-order valence-corrected chi connectivity index (χ3v) is 5.52. The first-order valence-corrected chi connectivity index (χ1v) is 10.3. The molecule has 1 aromatic carbocycles. The molecule has 1 atom stereocenters. The molecule has 0 bridgehead atoms. The van der Waals surface area contributed by atoms with E-state index in [1.807, 2.05) is 10.8 Å². The van der Waals surface area contributed by atoms with E-state index in [9.17, 15) is 19.5 Å². The minimum atomic E-state index is -0.798. The smallest absolute Gasteiger partial charge is 0.337 e. The van der Waals surface area contributed by atoms with Gasteiger partial charge in [-0.15, -0.1) is 0 Å². The number of aromatic nitrogens is 3. The molecule has 168 valence electrons. The Morgan fingerprint density at radius 2 is 1.73 bits per heavy atom. The fraction of sp³-hybridized carbons (Fsp3) is 0.208. The zero-order valence-corrected chi connectivity index (χ0v) is 17.9. The van der Waals surface area contributed by atoms with Gasteiger partial charge in [-0.3, -0.25) is 14.6 Å². The van der Waals surface area contributed by atoms with Gasteiger partial charge in [-0.2, -0.15) is 0 Å². The van der Waals surface area contributed by atoms with E-state index < -0.39 is 23.7 Å². The lowest BCUT2D eigenvalue weighted by atomic mass is 9.95. The van der Waals surface area contributed by atoms with Crippen LogP contribution in [0.1, 0.15) is 33.9 Å². The minimum Gasteiger partial charge on any atom is -0.507 e. The number of likely N-dealkylation sites (tertiary alicyclic amines) is 1. The molecule has 1 aliphatic rings. The number of nitrogens with zero attached hydrogens (tertiary/aromatic N) is 4. The second kappa shape index (κ2) is 9.47. The largest absolute Gasteiger partial charge is 0.507 e. The van der Waals surface area contributed by atoms with Gasteiger partial charge in [0.15, 0.2) is 0 Å². The molecule has 9 heteroatoms. The molecule has 1 fully saturated rings. The predicted octanol–water partition coefficient (Wildman–Crippen LogP) is 2.58. The first-order chi connectivity index (χ1) is 16.0. The van der Waals surface area contributed by atoms with Crippen molar-refractivity contribution >= 4 is 23.4 Å². The molecule has 0 aliphatic carbocycles. The lowest BCUT2D eigenvalue weighted by molar-refractivity contribution is -0.139. The van der Waals surface area contributed by atoms with Crippen LogP contribution < -0.4 is 0 Å². The van der Waals surface area contributed by atoms with Crippen molar-refractivity contribution in [1.82, 2.24) is 19.4 Å². The second-order valence-corrected chi connectivity index (χ2v) is 7.50. The lowest BCUT2D eigenvalue weighted by Gasteiger charge is -2.25. The number of pyridine rings is 1. The summed E-state index contributed by atoms with van der Waals surface area (Å²) < 4.78 is 6.62. The number of carbonyl (C=O) groups excluding carboxylic acids is 3. The number of carbonyl (C=O) groups is 3. The number of hydrogen-bond donors (Lipinski definition) is 1. The van der Waals surface area contributed by atoms with Crippen molar-refractivity contribution in [2.45, 2.75) is 19.0 Å². The SMILES string of the molecule is COC(=O)c1ccc(C2C(=C(O)c3ccncc3)C(=O)C(=O)N2CCCn2ccnc2)cc1. The number of aliphatic hydroxyl groups is 1. The fourth-order valence-corrected chi connectivity index (χ4v) is 3.88. The monoisotopic (exact) mass is 446 g/mol. The van der Waals surface area contributed by atoms with Gasteiger partial charge in [0.1, 0.15) is 5.76 Å². The third-order valence-electron chi connectivity index (χ3n) is 5.52. The highest BCUT2D eigenvalue weighted by atomic mass is 16.5. The van der Waals surface area contributed by atoms with Crippen molar-refractivity contribution in [3.63, 3.8) is 0 Å². The highest BCUT2D eigenvalue weighted by molar-refractivity contribution is 6.46. The van der Waals surface area contributed by atoms with E-state index >= 15 is 0 Å². The second-order valence-electron chi connectivity index (χ2n) is 7.50. The Hall–Kier alpha value is -4.27. The molecule has 2 aromatic heterocycles. The average molecular weight is 446 g/mol. The summed E-state index contributed by atoms with van der Waals surface area (Å²) in [4.78, 5) is 47.2. The van der Waals surface area contributed by atoms with E-state index in [1.165, 1.54) is 24.4 Å². The number of benzene rings is 1. The number of amides is 1. The Morgan fingerprint density at radius 3 is 2.36 bits per heavy atom. The molecule has 1 N–H and O–H groups in total. The highest BCUT2D eigenvalue weighted by Gasteiger charge is 2.45. The standard InChI is InChI=1S/C24H22N4O5/c1-33-24(32)18-5-3-16(4-6-18)20-19(21(29)17-7-9-25-10-8-17)22(30)23(31)28(20)13-2-12-27-14-11-26-15-27/h3-11,14-15,20,29H,2,12-13H2,1H3. The Labute approximate surface area is 190 Å². The van der Waals surface area contributed by atoms with Gasteiger partial charge in [-0.05, 0) is 36.2 Å². The molecular formula is C24H22N4O5. The van der Waals surface area contributed by atoms with Gasteiger partial charge >= 0.3 is 5.97 Å². The first kappa shape index (κ1) is 21.9. The van der Waals surface area contributed by atoms with Crippen LogP contribution >= 0.6 is 0 Å². The number of hydrogen-bond acceptors (Lipinski definition) is 7. The molecular weight excluding hydrogens is 424 g/mol. The van der Waals surface area contributed by atoms with Crippen molar-refractivity contribution in [2.24, 2.45) is 0 Å². The molecule has 3 heterocycles. The van der Waals surface area contributed by atoms with E-state index in [2.05, 4.69) is 9.97 Å². The van der Waals surface area contributed by atoms with E-state index in [4.69, 9.17) is 4.74 Å². The molecule has 0 saturated carbocycles. The summed E-state index contributed by atoms with van der Waals surface area (Å²) in [6, 6.07) is 8.79. The van der Waals surface area contributed by atoms with Crippen LogP contribution in [0.2, 0.25) is 0 Å². The maximum atomic E-state index is 13.0. The summed E-state index contributed by atoms with van der Waals surface area (Å²) in [7, 11) is 1.29. The molecule has 0 spiro atoms. The molecule has 0 radical (unpaired) electrons. The molecule has 1 amide bonds. The third kappa shape index (κ3) is 4.38. The molecule has 1 unspecified atom stereocenters. The zero-order valence-electron chi connectivity index (χ0n) is 17.9. The molecule has 3 aromatic rings. The number of aliphatic hydroxyl groups excluding tert-OH is 1. The summed E-state index contributed by atoms with van der Waals surface area (Å²) in [6.45, 7) is 0.903. The van der Waals surface area contributed by atoms with Crippen LogP contribution in [-0.2, 0) is 20.9 Å². The van der Waals surface area contributed by atoms with Gasteiger partial charge in [0, 0.05) is 43.4 Å². The van der Waals surface area contributed by atoms with E-state index in [-0.39, 0.29) is 11.3 Å². The number of rotatable bonds is 7. The molecule has 33 heavy (non-hydrogen) atoms. The first-order valence-electron chi connectivity index (χ1n) is 10.3. The number of ketones is 1. The minimum absolute atomic E-state index is 0.000325. The van der Waals surface area contributed by atoms with E-state index in [0.717, 1.165) is 0 Å². The Balaban J connectivity index is 1.72. The van der Waals surface area contributed by atoms with Crippen LogP contribution in [0.25, 0.3) is 5.76 Å². The molecule has 9 nitrogen and oxygen atoms in total. The summed E-state index contributed by atoms with van der Waals surface area (Å²) in [6.07, 6.45) is 8.74. The van der Waals surface area contributed by atoms with Crippen LogP contribution in [0.15, 0.2) is 73.1 Å². The van der Waals surface area contributed by atoms with Gasteiger partial charge in [0.25, 0.3) is 11.7 Å². The summed E-state index contributed by atoms with van der Waals surface area (Å²) in [5.41, 5.74) is 1.32. The summed E-state index contributed by atoms with van der Waals surface area (Å²) in [5, 5.41) is 11.0. The highest BCUT2D eigenvalue weighted by Crippen LogP contribution is 2.39. The van der Waals surface area contributed by atoms with Crippen molar-refractivity contribution < 1.29 is 24.2 Å². The van der Waals surface area contributed by atoms with Crippen LogP contribution in [0.5, 0.6) is 0 Å². The van der Waals surface area contributed by atoms with Crippen molar-refractivity contribution in [1.29, 1.82) is 0 Å². The van der Waals surface area contributed by atoms with Crippen molar-refractivity contribution in [3.8, 4) is 0 Å².